The predicted octanol–water partition coefficient (Wildman–Crippen LogP) is 3.61. The summed E-state index contributed by atoms with van der Waals surface area (Å²) in [4.78, 5) is 2.03. The highest BCUT2D eigenvalue weighted by atomic mass is 32.1. The molecule has 0 fully saturated rings. The average Bonchev–Trinajstić information content (AvgIpc) is 2.97. The van der Waals surface area contributed by atoms with Crippen molar-refractivity contribution in [1.29, 1.82) is 0 Å². The molecule has 0 N–H and O–H groups in total. The van der Waals surface area contributed by atoms with Gasteiger partial charge in [0.15, 0.2) is 6.54 Å². The standard InChI is InChI=1S/C17H19N2S/c1-18(2)12-7-3-4-8-14-11-13-19-15-9-5-6-10-16(15)20-17(14)19/h3-10,12H,11,13H2,1-2H3/q+1. The molecule has 0 saturated carbocycles. The monoisotopic (exact) mass is 283 g/mol. The predicted molar refractivity (Wildman–Crippen MR) is 86.6 cm³/mol. The lowest BCUT2D eigenvalue weighted by atomic mass is 10.2. The zero-order valence-corrected chi connectivity index (χ0v) is 12.7. The quantitative estimate of drug-likeness (QED) is 0.616. The molecule has 2 nitrogen and oxygen atoms in total. The Hall–Kier alpha value is -1.87. The number of nitrogens with zero attached hydrogens (tertiary/aromatic N) is 2. The molecule has 2 aromatic rings. The molecule has 20 heavy (non-hydrogen) atoms. The summed E-state index contributed by atoms with van der Waals surface area (Å²) in [5.41, 5.74) is 2.81. The number of aryl methyl sites for hydroxylation is 1. The van der Waals surface area contributed by atoms with E-state index in [-0.39, 0.29) is 0 Å². The summed E-state index contributed by atoms with van der Waals surface area (Å²) in [5, 5.41) is 1.41. The number of benzene rings is 1. The van der Waals surface area contributed by atoms with Crippen LogP contribution in [0.25, 0.3) is 15.8 Å². The fourth-order valence-corrected chi connectivity index (χ4v) is 3.69. The van der Waals surface area contributed by atoms with E-state index in [0.717, 1.165) is 13.0 Å². The van der Waals surface area contributed by atoms with Crippen molar-refractivity contribution >= 4 is 27.1 Å². The van der Waals surface area contributed by atoms with Crippen LogP contribution in [0, 0.1) is 0 Å². The van der Waals surface area contributed by atoms with Crippen LogP contribution in [-0.2, 0) is 6.54 Å². The molecule has 1 aliphatic heterocycles. The van der Waals surface area contributed by atoms with Crippen LogP contribution in [0.5, 0.6) is 0 Å². The number of hydrogen-bond donors (Lipinski definition) is 0. The van der Waals surface area contributed by atoms with Crippen molar-refractivity contribution in [3.8, 4) is 0 Å². The highest BCUT2D eigenvalue weighted by Crippen LogP contribution is 2.31. The summed E-state index contributed by atoms with van der Waals surface area (Å²) in [6.45, 7) is 1.10. The van der Waals surface area contributed by atoms with Crippen molar-refractivity contribution in [1.82, 2.24) is 4.90 Å². The first-order valence-electron chi connectivity index (χ1n) is 6.88. The maximum atomic E-state index is 2.44. The highest BCUT2D eigenvalue weighted by molar-refractivity contribution is 7.19. The van der Waals surface area contributed by atoms with Crippen molar-refractivity contribution in [2.75, 3.05) is 14.1 Å². The lowest BCUT2D eigenvalue weighted by Gasteiger charge is -2.00. The number of thiazole rings is 1. The third-order valence-corrected chi connectivity index (χ3v) is 4.63. The summed E-state index contributed by atoms with van der Waals surface area (Å²) in [7, 11) is 4.06. The van der Waals surface area contributed by atoms with E-state index in [2.05, 4.69) is 53.1 Å². The van der Waals surface area contributed by atoms with Gasteiger partial charge in [-0.1, -0.05) is 41.7 Å². The minimum absolute atomic E-state index is 1.10. The molecular formula is C17H19N2S+. The molecule has 0 bridgehead atoms. The van der Waals surface area contributed by atoms with Gasteiger partial charge in [-0.2, -0.15) is 4.57 Å². The Morgan fingerprint density at radius 3 is 2.85 bits per heavy atom. The number of fused-ring (bicyclic) bond motifs is 3. The van der Waals surface area contributed by atoms with E-state index in [0.29, 0.717) is 0 Å². The summed E-state index contributed by atoms with van der Waals surface area (Å²) < 4.78 is 3.82. The molecule has 0 unspecified atom stereocenters. The average molecular weight is 283 g/mol. The van der Waals surface area contributed by atoms with E-state index in [1.165, 1.54) is 20.8 Å². The van der Waals surface area contributed by atoms with Gasteiger partial charge in [0, 0.05) is 32.2 Å². The van der Waals surface area contributed by atoms with Crippen LogP contribution in [0.4, 0.5) is 0 Å². The van der Waals surface area contributed by atoms with E-state index < -0.39 is 0 Å². The largest absolute Gasteiger partial charge is 0.383 e. The van der Waals surface area contributed by atoms with E-state index in [1.54, 1.807) is 0 Å². The molecule has 1 aromatic carbocycles. The fourth-order valence-electron chi connectivity index (χ4n) is 2.45. The Kier molecular flexibility index (Phi) is 3.70. The van der Waals surface area contributed by atoms with Crippen molar-refractivity contribution in [3.63, 3.8) is 0 Å². The zero-order chi connectivity index (χ0) is 13.9. The molecule has 102 valence electrons. The van der Waals surface area contributed by atoms with E-state index in [4.69, 9.17) is 0 Å². The minimum Gasteiger partial charge on any atom is -0.383 e. The number of rotatable bonds is 3. The third-order valence-electron chi connectivity index (χ3n) is 3.39. The molecular weight excluding hydrogens is 264 g/mol. The van der Waals surface area contributed by atoms with Gasteiger partial charge in [-0.15, -0.1) is 0 Å². The highest BCUT2D eigenvalue weighted by Gasteiger charge is 2.29. The topological polar surface area (TPSA) is 7.12 Å². The Balaban J connectivity index is 1.85. The molecule has 1 aromatic heterocycles. The van der Waals surface area contributed by atoms with Gasteiger partial charge in [-0.05, 0) is 18.3 Å². The molecule has 0 atom stereocenters. The number of hydrogen-bond acceptors (Lipinski definition) is 2. The molecule has 0 aliphatic carbocycles. The van der Waals surface area contributed by atoms with Crippen molar-refractivity contribution < 1.29 is 4.57 Å². The van der Waals surface area contributed by atoms with Gasteiger partial charge in [0.25, 0.3) is 5.01 Å². The van der Waals surface area contributed by atoms with E-state index >= 15 is 0 Å². The Morgan fingerprint density at radius 1 is 1.15 bits per heavy atom. The Bertz CT molecular complexity index is 705. The van der Waals surface area contributed by atoms with Crippen molar-refractivity contribution in [3.05, 3.63) is 59.8 Å². The second-order valence-electron chi connectivity index (χ2n) is 5.16. The van der Waals surface area contributed by atoms with Gasteiger partial charge in [-0.3, -0.25) is 0 Å². The molecule has 0 saturated heterocycles. The summed E-state index contributed by atoms with van der Waals surface area (Å²) in [6.07, 6.45) is 11.7. The molecule has 1 aliphatic rings. The smallest absolute Gasteiger partial charge is 0.266 e. The van der Waals surface area contributed by atoms with Gasteiger partial charge >= 0.3 is 0 Å². The second-order valence-corrected chi connectivity index (χ2v) is 6.19. The lowest BCUT2D eigenvalue weighted by molar-refractivity contribution is -0.659. The summed E-state index contributed by atoms with van der Waals surface area (Å²) >= 11 is 1.90. The first-order chi connectivity index (χ1) is 9.75. The van der Waals surface area contributed by atoms with Crippen LogP contribution in [0.1, 0.15) is 11.4 Å². The van der Waals surface area contributed by atoms with Gasteiger partial charge in [-0.25, -0.2) is 0 Å². The van der Waals surface area contributed by atoms with E-state index in [1.807, 2.05) is 36.5 Å². The normalized spacial score (nSPS) is 16.8. The van der Waals surface area contributed by atoms with Crippen LogP contribution in [0.3, 0.4) is 0 Å². The van der Waals surface area contributed by atoms with Gasteiger partial charge in [0.2, 0.25) is 5.52 Å². The third kappa shape index (κ3) is 2.54. The molecule has 2 heterocycles. The van der Waals surface area contributed by atoms with Gasteiger partial charge < -0.3 is 4.90 Å². The van der Waals surface area contributed by atoms with Crippen molar-refractivity contribution in [2.45, 2.75) is 13.0 Å². The molecule has 3 rings (SSSR count). The molecule has 3 heteroatoms. The first-order valence-corrected chi connectivity index (χ1v) is 7.69. The summed E-state index contributed by atoms with van der Waals surface area (Å²) in [6, 6.07) is 8.66. The van der Waals surface area contributed by atoms with Crippen LogP contribution < -0.4 is 4.57 Å². The first kappa shape index (κ1) is 13.1. The SMILES string of the molecule is CN(C)/C=C/C=C/C=C1\CC[n+]2c1sc1ccccc12. The van der Waals surface area contributed by atoms with Crippen LogP contribution >= 0.6 is 11.3 Å². The Morgan fingerprint density at radius 2 is 2.00 bits per heavy atom. The van der Waals surface area contributed by atoms with Crippen LogP contribution in [-0.4, -0.2) is 19.0 Å². The van der Waals surface area contributed by atoms with Gasteiger partial charge in [0.05, 0.1) is 0 Å². The summed E-state index contributed by atoms with van der Waals surface area (Å²) in [5.74, 6) is 0. The minimum atomic E-state index is 1.10. The molecule has 0 amide bonds. The van der Waals surface area contributed by atoms with Crippen molar-refractivity contribution in [2.24, 2.45) is 0 Å². The number of aromatic nitrogens is 1. The molecule has 0 spiro atoms. The maximum absolute atomic E-state index is 2.44. The van der Waals surface area contributed by atoms with Crippen LogP contribution in [0.15, 0.2) is 54.8 Å². The Labute approximate surface area is 124 Å². The number of para-hydroxylation sites is 1. The molecule has 0 radical (unpaired) electrons. The number of allylic oxidation sites excluding steroid dienone is 5. The second kappa shape index (κ2) is 5.63. The fraction of sp³-hybridized carbons (Fsp3) is 0.235. The zero-order valence-electron chi connectivity index (χ0n) is 11.9. The van der Waals surface area contributed by atoms with Gasteiger partial charge in [0.1, 0.15) is 4.70 Å². The maximum Gasteiger partial charge on any atom is 0.266 e. The van der Waals surface area contributed by atoms with E-state index in [9.17, 15) is 0 Å². The van der Waals surface area contributed by atoms with Crippen LogP contribution in [0.2, 0.25) is 0 Å². The lowest BCUT2D eigenvalue weighted by Crippen LogP contribution is -2.30.